The maximum atomic E-state index is 12.6. The second-order valence-corrected chi connectivity index (χ2v) is 9.31. The number of rotatable bonds is 9. The number of aromatic nitrogens is 3. The monoisotopic (exact) mass is 482 g/mol. The molecule has 2 aromatic heterocycles. The highest BCUT2D eigenvalue weighted by atomic mass is 16.6. The predicted octanol–water partition coefficient (Wildman–Crippen LogP) is 2.91. The van der Waals surface area contributed by atoms with Crippen LogP contribution in [0.15, 0.2) is 18.5 Å². The van der Waals surface area contributed by atoms with Crippen LogP contribution in [0.1, 0.15) is 64.5 Å². The third-order valence-corrected chi connectivity index (χ3v) is 7.09. The molecule has 2 aromatic rings. The third kappa shape index (κ3) is 5.02. The first kappa shape index (κ1) is 25.1. The van der Waals surface area contributed by atoms with E-state index in [1.807, 2.05) is 13.8 Å². The minimum atomic E-state index is -1.75. The maximum absolute atomic E-state index is 12.6. The standard InChI is InChI=1S/C25H32N5O5/c1-3-17(4-2)24(33)29-23-19-9-10-20(30(19)28-15-27-23)25(14-26)21(31)12-18(35-25)13-34-22(32)11-16-7-5-6-8-16/h9-10,12,15-18,21,31H,3-8,11,13H2,1-2H3,(H,27,28,29,33)/t18-,21-,25+/m1/s1. The van der Waals surface area contributed by atoms with Crippen molar-refractivity contribution in [3.63, 3.8) is 0 Å². The molecule has 2 aliphatic rings. The lowest BCUT2D eigenvalue weighted by molar-refractivity contribution is -0.149. The van der Waals surface area contributed by atoms with E-state index in [9.17, 15) is 20.0 Å². The molecular formula is C25H32N5O5. The fourth-order valence-corrected chi connectivity index (χ4v) is 5.01. The Morgan fingerprint density at radius 1 is 1.34 bits per heavy atom. The van der Waals surface area contributed by atoms with Crippen molar-refractivity contribution in [2.45, 2.75) is 76.6 Å². The summed E-state index contributed by atoms with van der Waals surface area (Å²) < 4.78 is 12.8. The SMILES string of the molecule is CCC(CC)C(=O)Nc1ncnn2c([C@]3(C#N)O[C@@H](COC(=O)CC4CCCC4)[CH][C@H]3O)ccc12. The highest BCUT2D eigenvalue weighted by Gasteiger charge is 2.52. The molecule has 10 heteroatoms. The average molecular weight is 483 g/mol. The largest absolute Gasteiger partial charge is 0.463 e. The van der Waals surface area contributed by atoms with Crippen LogP contribution in [0.25, 0.3) is 5.52 Å². The van der Waals surface area contributed by atoms with Gasteiger partial charge >= 0.3 is 5.97 Å². The van der Waals surface area contributed by atoms with Crippen LogP contribution in [0, 0.1) is 29.6 Å². The van der Waals surface area contributed by atoms with Crippen molar-refractivity contribution < 1.29 is 24.2 Å². The number of amides is 1. The summed E-state index contributed by atoms with van der Waals surface area (Å²) in [5.41, 5.74) is -0.988. The zero-order chi connectivity index (χ0) is 25.0. The van der Waals surface area contributed by atoms with Crippen LogP contribution in [-0.2, 0) is 24.7 Å². The molecule has 1 aliphatic carbocycles. The minimum Gasteiger partial charge on any atom is -0.463 e. The van der Waals surface area contributed by atoms with Gasteiger partial charge in [-0.25, -0.2) is 9.50 Å². The first-order valence-electron chi connectivity index (χ1n) is 12.3. The summed E-state index contributed by atoms with van der Waals surface area (Å²) in [5, 5.41) is 28.0. The number of nitrogens with one attached hydrogen (secondary N) is 1. The van der Waals surface area contributed by atoms with Crippen molar-refractivity contribution in [2.75, 3.05) is 11.9 Å². The Labute approximate surface area is 204 Å². The molecule has 1 saturated heterocycles. The van der Waals surface area contributed by atoms with Gasteiger partial charge in [-0.05, 0) is 43.7 Å². The van der Waals surface area contributed by atoms with Gasteiger partial charge in [0.2, 0.25) is 11.5 Å². The average Bonchev–Trinajstić information content (AvgIpc) is 3.58. The van der Waals surface area contributed by atoms with Gasteiger partial charge in [0.25, 0.3) is 0 Å². The molecule has 0 spiro atoms. The zero-order valence-electron chi connectivity index (χ0n) is 20.1. The summed E-state index contributed by atoms with van der Waals surface area (Å²) in [6, 6.07) is 5.37. The molecule has 2 fully saturated rings. The molecule has 10 nitrogen and oxygen atoms in total. The summed E-state index contributed by atoms with van der Waals surface area (Å²) in [6.45, 7) is 3.82. The first-order chi connectivity index (χ1) is 16.9. The smallest absolute Gasteiger partial charge is 0.306 e. The maximum Gasteiger partial charge on any atom is 0.306 e. The molecule has 1 amide bonds. The van der Waals surface area contributed by atoms with Crippen molar-refractivity contribution in [3.8, 4) is 6.07 Å². The molecule has 1 radical (unpaired) electrons. The molecule has 4 rings (SSSR count). The lowest BCUT2D eigenvalue weighted by atomic mass is 9.94. The van der Waals surface area contributed by atoms with Crippen LogP contribution in [0.4, 0.5) is 5.82 Å². The van der Waals surface area contributed by atoms with Crippen LogP contribution in [0.3, 0.4) is 0 Å². The molecule has 2 N–H and O–H groups in total. The van der Waals surface area contributed by atoms with E-state index in [0.717, 1.165) is 25.7 Å². The van der Waals surface area contributed by atoms with E-state index in [4.69, 9.17) is 9.47 Å². The van der Waals surface area contributed by atoms with Crippen molar-refractivity contribution >= 4 is 23.2 Å². The number of anilines is 1. The number of aliphatic hydroxyl groups excluding tert-OH is 1. The molecule has 35 heavy (non-hydrogen) atoms. The number of hydrogen-bond donors (Lipinski definition) is 2. The Morgan fingerprint density at radius 2 is 2.09 bits per heavy atom. The van der Waals surface area contributed by atoms with E-state index in [2.05, 4.69) is 21.5 Å². The minimum absolute atomic E-state index is 0.0823. The molecule has 3 atom stereocenters. The fraction of sp³-hybridized carbons (Fsp3) is 0.600. The van der Waals surface area contributed by atoms with Crippen LogP contribution in [0.2, 0.25) is 0 Å². The molecule has 0 bridgehead atoms. The number of fused-ring (bicyclic) bond motifs is 1. The van der Waals surface area contributed by atoms with Gasteiger partial charge in [0.1, 0.15) is 36.7 Å². The van der Waals surface area contributed by atoms with Gasteiger partial charge in [-0.3, -0.25) is 9.59 Å². The van der Waals surface area contributed by atoms with E-state index in [0.29, 0.717) is 42.2 Å². The summed E-state index contributed by atoms with van der Waals surface area (Å²) in [4.78, 5) is 29.0. The van der Waals surface area contributed by atoms with E-state index < -0.39 is 17.8 Å². The summed E-state index contributed by atoms with van der Waals surface area (Å²) in [5.74, 6) is 0.0998. The third-order valence-electron chi connectivity index (χ3n) is 7.09. The van der Waals surface area contributed by atoms with E-state index in [1.54, 1.807) is 12.1 Å². The Balaban J connectivity index is 1.50. The Morgan fingerprint density at radius 3 is 2.77 bits per heavy atom. The zero-order valence-corrected chi connectivity index (χ0v) is 20.1. The topological polar surface area (TPSA) is 139 Å². The predicted molar refractivity (Wildman–Crippen MR) is 126 cm³/mol. The highest BCUT2D eigenvalue weighted by Crippen LogP contribution is 2.40. The van der Waals surface area contributed by atoms with Gasteiger partial charge in [0.15, 0.2) is 5.82 Å². The number of esters is 1. The van der Waals surface area contributed by atoms with Crippen LogP contribution in [0.5, 0.6) is 0 Å². The molecule has 1 saturated carbocycles. The molecule has 0 unspecified atom stereocenters. The number of hydrogen-bond acceptors (Lipinski definition) is 8. The molecule has 3 heterocycles. The van der Waals surface area contributed by atoms with Crippen molar-refractivity contribution in [3.05, 3.63) is 30.6 Å². The Bertz CT molecular complexity index is 1100. The molecular weight excluding hydrogens is 450 g/mol. The number of nitrogens with zero attached hydrogens (tertiary/aromatic N) is 4. The first-order valence-corrected chi connectivity index (χ1v) is 12.3. The second-order valence-electron chi connectivity index (χ2n) is 9.31. The van der Waals surface area contributed by atoms with Gasteiger partial charge in [0, 0.05) is 18.8 Å². The van der Waals surface area contributed by atoms with E-state index >= 15 is 0 Å². The lowest BCUT2D eigenvalue weighted by Crippen LogP contribution is -2.37. The van der Waals surface area contributed by atoms with Crippen molar-refractivity contribution in [2.24, 2.45) is 11.8 Å². The summed E-state index contributed by atoms with van der Waals surface area (Å²) >= 11 is 0. The van der Waals surface area contributed by atoms with Gasteiger partial charge in [-0.2, -0.15) is 10.4 Å². The highest BCUT2D eigenvalue weighted by molar-refractivity contribution is 5.95. The van der Waals surface area contributed by atoms with Crippen LogP contribution in [-0.4, -0.2) is 50.4 Å². The molecule has 0 aromatic carbocycles. The van der Waals surface area contributed by atoms with Crippen molar-refractivity contribution in [1.29, 1.82) is 5.26 Å². The number of ether oxygens (including phenoxy) is 2. The second kappa shape index (κ2) is 10.7. The Hall–Kier alpha value is -3.03. The van der Waals surface area contributed by atoms with Gasteiger partial charge in [-0.1, -0.05) is 26.7 Å². The lowest BCUT2D eigenvalue weighted by Gasteiger charge is -2.24. The molecule has 187 valence electrons. The summed E-state index contributed by atoms with van der Waals surface area (Å²) in [7, 11) is 0. The number of nitriles is 1. The normalized spacial score (nSPS) is 24.7. The molecule has 1 aliphatic heterocycles. The quantitative estimate of drug-likeness (QED) is 0.520. The van der Waals surface area contributed by atoms with Gasteiger partial charge in [0.05, 0.1) is 5.69 Å². The van der Waals surface area contributed by atoms with Crippen LogP contribution >= 0.6 is 0 Å². The fourth-order valence-electron chi connectivity index (χ4n) is 5.01. The van der Waals surface area contributed by atoms with Gasteiger partial charge < -0.3 is 19.9 Å². The number of carbonyl (C=O) groups is 2. The van der Waals surface area contributed by atoms with Gasteiger partial charge in [-0.15, -0.1) is 0 Å². The van der Waals surface area contributed by atoms with E-state index in [-0.39, 0.29) is 24.4 Å². The summed E-state index contributed by atoms with van der Waals surface area (Å²) in [6.07, 6.45) is 6.87. The number of aliphatic hydroxyl groups is 1. The van der Waals surface area contributed by atoms with Crippen LogP contribution < -0.4 is 5.32 Å². The van der Waals surface area contributed by atoms with E-state index in [1.165, 1.54) is 17.3 Å². The van der Waals surface area contributed by atoms with Crippen molar-refractivity contribution in [1.82, 2.24) is 14.6 Å². The Kier molecular flexibility index (Phi) is 7.67. The number of carbonyl (C=O) groups excluding carboxylic acids is 2.